The number of anilines is 3. The van der Waals surface area contributed by atoms with Crippen LogP contribution < -0.4 is 15.5 Å². The summed E-state index contributed by atoms with van der Waals surface area (Å²) in [5.74, 6) is 0.856. The van der Waals surface area contributed by atoms with Crippen LogP contribution in [0.5, 0.6) is 0 Å². The first-order chi connectivity index (χ1) is 9.76. The van der Waals surface area contributed by atoms with E-state index in [0.29, 0.717) is 13.1 Å². The fourth-order valence-electron chi connectivity index (χ4n) is 2.33. The maximum atomic E-state index is 11.7. The number of benzene rings is 1. The Morgan fingerprint density at radius 3 is 2.90 bits per heavy atom. The van der Waals surface area contributed by atoms with Crippen LogP contribution in [-0.4, -0.2) is 24.5 Å². The molecule has 0 bridgehead atoms. The fourth-order valence-corrected chi connectivity index (χ4v) is 2.33. The Labute approximate surface area is 117 Å². The number of nitrogens with zero attached hydrogens (tertiary/aromatic N) is 2. The van der Waals surface area contributed by atoms with Crippen molar-refractivity contribution >= 4 is 23.1 Å². The maximum Gasteiger partial charge on any atom is 0.243 e. The zero-order valence-electron chi connectivity index (χ0n) is 11.3. The number of rotatable bonds is 3. The largest absolute Gasteiger partial charge is 0.373 e. The van der Waals surface area contributed by atoms with Crippen LogP contribution >= 0.6 is 0 Å². The van der Waals surface area contributed by atoms with Crippen molar-refractivity contribution in [2.75, 3.05) is 29.1 Å². The van der Waals surface area contributed by atoms with Crippen molar-refractivity contribution in [1.29, 1.82) is 0 Å². The summed E-state index contributed by atoms with van der Waals surface area (Å²) in [6.45, 7) is 1.03. The highest BCUT2D eigenvalue weighted by molar-refractivity contribution is 6.01. The summed E-state index contributed by atoms with van der Waals surface area (Å²) in [7, 11) is 1.84. The predicted molar refractivity (Wildman–Crippen MR) is 79.9 cm³/mol. The Bertz CT molecular complexity index is 624. The molecule has 3 rings (SSSR count). The van der Waals surface area contributed by atoms with Crippen molar-refractivity contribution in [3.05, 3.63) is 48.2 Å². The Kier molecular flexibility index (Phi) is 3.25. The van der Waals surface area contributed by atoms with E-state index >= 15 is 0 Å². The van der Waals surface area contributed by atoms with E-state index in [2.05, 4.69) is 20.5 Å². The van der Waals surface area contributed by atoms with E-state index in [-0.39, 0.29) is 5.91 Å². The number of para-hydroxylation sites is 2. The third kappa shape index (κ3) is 2.42. The van der Waals surface area contributed by atoms with Gasteiger partial charge in [-0.2, -0.15) is 0 Å². The molecule has 0 unspecified atom stereocenters. The van der Waals surface area contributed by atoms with Crippen molar-refractivity contribution in [3.63, 3.8) is 0 Å². The standard InChI is InChI=1S/C15H16N4O/c1-16-14-7-6-11(8-17-14)9-19-10-15(20)18-12-4-2-3-5-13(12)19/h2-8H,9-10H2,1H3,(H,16,17)(H,18,20). The van der Waals surface area contributed by atoms with Crippen molar-refractivity contribution in [2.45, 2.75) is 6.54 Å². The highest BCUT2D eigenvalue weighted by Crippen LogP contribution is 2.29. The van der Waals surface area contributed by atoms with Gasteiger partial charge in [-0.3, -0.25) is 4.79 Å². The van der Waals surface area contributed by atoms with Gasteiger partial charge in [0, 0.05) is 19.8 Å². The van der Waals surface area contributed by atoms with Gasteiger partial charge < -0.3 is 15.5 Å². The minimum absolute atomic E-state index is 0.0171. The van der Waals surface area contributed by atoms with Gasteiger partial charge in [0.2, 0.25) is 5.91 Å². The number of hydrogen-bond donors (Lipinski definition) is 2. The topological polar surface area (TPSA) is 57.3 Å². The number of carbonyl (C=O) groups excluding carboxylic acids is 1. The lowest BCUT2D eigenvalue weighted by Crippen LogP contribution is -2.37. The Morgan fingerprint density at radius 1 is 1.30 bits per heavy atom. The van der Waals surface area contributed by atoms with Crippen molar-refractivity contribution < 1.29 is 4.79 Å². The van der Waals surface area contributed by atoms with Gasteiger partial charge in [0.15, 0.2) is 0 Å². The van der Waals surface area contributed by atoms with Crippen LogP contribution in [0.3, 0.4) is 0 Å². The Balaban J connectivity index is 1.85. The molecule has 5 heteroatoms. The molecule has 5 nitrogen and oxygen atoms in total. The van der Waals surface area contributed by atoms with Crippen LogP contribution in [-0.2, 0) is 11.3 Å². The molecule has 2 heterocycles. The van der Waals surface area contributed by atoms with Gasteiger partial charge in [-0.25, -0.2) is 4.98 Å². The van der Waals surface area contributed by atoms with Crippen molar-refractivity contribution in [2.24, 2.45) is 0 Å². The van der Waals surface area contributed by atoms with E-state index in [1.165, 1.54) is 0 Å². The molecule has 1 amide bonds. The minimum atomic E-state index is 0.0171. The molecule has 0 spiro atoms. The zero-order valence-corrected chi connectivity index (χ0v) is 11.3. The van der Waals surface area contributed by atoms with Gasteiger partial charge in [-0.15, -0.1) is 0 Å². The summed E-state index contributed by atoms with van der Waals surface area (Å²) in [6, 6.07) is 11.8. The lowest BCUT2D eigenvalue weighted by atomic mass is 10.1. The van der Waals surface area contributed by atoms with Gasteiger partial charge >= 0.3 is 0 Å². The molecular formula is C15H16N4O. The molecule has 0 saturated carbocycles. The highest BCUT2D eigenvalue weighted by atomic mass is 16.2. The third-order valence-corrected chi connectivity index (χ3v) is 3.31. The average molecular weight is 268 g/mol. The first kappa shape index (κ1) is 12.5. The van der Waals surface area contributed by atoms with Crippen LogP contribution in [0.1, 0.15) is 5.56 Å². The normalized spacial score (nSPS) is 13.7. The number of aromatic nitrogens is 1. The Hall–Kier alpha value is -2.56. The monoisotopic (exact) mass is 268 g/mol. The van der Waals surface area contributed by atoms with E-state index in [1.807, 2.05) is 49.6 Å². The third-order valence-electron chi connectivity index (χ3n) is 3.31. The average Bonchev–Trinajstić information content (AvgIpc) is 2.48. The lowest BCUT2D eigenvalue weighted by molar-refractivity contribution is -0.115. The quantitative estimate of drug-likeness (QED) is 0.895. The molecule has 0 aliphatic carbocycles. The van der Waals surface area contributed by atoms with Crippen LogP contribution in [0.15, 0.2) is 42.6 Å². The van der Waals surface area contributed by atoms with Gasteiger partial charge in [0.1, 0.15) is 5.82 Å². The summed E-state index contributed by atoms with van der Waals surface area (Å²) >= 11 is 0. The van der Waals surface area contributed by atoms with Crippen molar-refractivity contribution in [1.82, 2.24) is 4.98 Å². The lowest BCUT2D eigenvalue weighted by Gasteiger charge is -2.30. The van der Waals surface area contributed by atoms with Crippen LogP contribution in [0.4, 0.5) is 17.2 Å². The molecule has 0 atom stereocenters. The Morgan fingerprint density at radius 2 is 2.15 bits per heavy atom. The van der Waals surface area contributed by atoms with E-state index in [4.69, 9.17) is 0 Å². The van der Waals surface area contributed by atoms with E-state index in [9.17, 15) is 4.79 Å². The van der Waals surface area contributed by atoms with Gasteiger partial charge in [-0.1, -0.05) is 18.2 Å². The van der Waals surface area contributed by atoms with Gasteiger partial charge in [0.05, 0.1) is 17.9 Å². The highest BCUT2D eigenvalue weighted by Gasteiger charge is 2.21. The molecular weight excluding hydrogens is 252 g/mol. The molecule has 102 valence electrons. The number of nitrogens with one attached hydrogen (secondary N) is 2. The van der Waals surface area contributed by atoms with E-state index in [0.717, 1.165) is 22.8 Å². The summed E-state index contributed by atoms with van der Waals surface area (Å²) in [5.41, 5.74) is 2.99. The molecule has 2 aromatic rings. The number of amides is 1. The second-order valence-electron chi connectivity index (χ2n) is 4.72. The number of fused-ring (bicyclic) bond motifs is 1. The van der Waals surface area contributed by atoms with E-state index in [1.54, 1.807) is 0 Å². The molecule has 20 heavy (non-hydrogen) atoms. The molecule has 1 aromatic carbocycles. The minimum Gasteiger partial charge on any atom is -0.373 e. The molecule has 1 aliphatic heterocycles. The maximum absolute atomic E-state index is 11.7. The number of carbonyl (C=O) groups is 1. The number of pyridine rings is 1. The first-order valence-corrected chi connectivity index (χ1v) is 6.53. The SMILES string of the molecule is CNc1ccc(CN2CC(=O)Nc3ccccc32)cn1. The summed E-state index contributed by atoms with van der Waals surface area (Å²) in [4.78, 5) is 18.1. The van der Waals surface area contributed by atoms with Crippen LogP contribution in [0.25, 0.3) is 0 Å². The summed E-state index contributed by atoms with van der Waals surface area (Å²) in [5, 5.41) is 5.88. The molecule has 0 saturated heterocycles. The fraction of sp³-hybridized carbons (Fsp3) is 0.200. The summed E-state index contributed by atoms with van der Waals surface area (Å²) < 4.78 is 0. The smallest absolute Gasteiger partial charge is 0.243 e. The second kappa shape index (κ2) is 5.21. The number of hydrogen-bond acceptors (Lipinski definition) is 4. The van der Waals surface area contributed by atoms with Crippen LogP contribution in [0.2, 0.25) is 0 Å². The zero-order chi connectivity index (χ0) is 13.9. The molecule has 1 aliphatic rings. The second-order valence-corrected chi connectivity index (χ2v) is 4.72. The van der Waals surface area contributed by atoms with Crippen LogP contribution in [0, 0.1) is 0 Å². The van der Waals surface area contributed by atoms with Crippen molar-refractivity contribution in [3.8, 4) is 0 Å². The first-order valence-electron chi connectivity index (χ1n) is 6.53. The van der Waals surface area contributed by atoms with Gasteiger partial charge in [-0.05, 0) is 23.8 Å². The predicted octanol–water partition coefficient (Wildman–Crippen LogP) is 2.08. The van der Waals surface area contributed by atoms with E-state index < -0.39 is 0 Å². The molecule has 1 aromatic heterocycles. The van der Waals surface area contributed by atoms with Gasteiger partial charge in [0.25, 0.3) is 0 Å². The molecule has 2 N–H and O–H groups in total. The molecule has 0 radical (unpaired) electrons. The molecule has 0 fully saturated rings. The summed E-state index contributed by atoms with van der Waals surface area (Å²) in [6.07, 6.45) is 1.83.